The number of rotatable bonds is 2. The van der Waals surface area contributed by atoms with Crippen LogP contribution >= 0.6 is 11.6 Å². The van der Waals surface area contributed by atoms with Gasteiger partial charge in [-0.3, -0.25) is 0 Å². The summed E-state index contributed by atoms with van der Waals surface area (Å²) >= 11 is 6.13. The molecule has 1 atom stereocenters. The zero-order valence-corrected chi connectivity index (χ0v) is 11.5. The third-order valence-electron chi connectivity index (χ3n) is 3.63. The highest BCUT2D eigenvalue weighted by Gasteiger charge is 2.53. The Morgan fingerprint density at radius 2 is 2.00 bits per heavy atom. The molecule has 0 bridgehead atoms. The fourth-order valence-corrected chi connectivity index (χ4v) is 2.55. The van der Waals surface area contributed by atoms with Crippen molar-refractivity contribution in [2.75, 3.05) is 0 Å². The van der Waals surface area contributed by atoms with Gasteiger partial charge in [-0.05, 0) is 31.9 Å². The molecule has 0 radical (unpaired) electrons. The average Bonchev–Trinajstić information content (AvgIpc) is 3.08. The number of nitrogens with zero attached hydrogens (tertiary/aromatic N) is 2. The minimum Gasteiger partial charge on any atom is -0.322 e. The number of aromatic nitrogens is 2. The van der Waals surface area contributed by atoms with E-state index in [0.717, 1.165) is 19.8 Å². The van der Waals surface area contributed by atoms with Crippen LogP contribution in [0.2, 0.25) is 5.02 Å². The molecule has 0 amide bonds. The molecule has 2 N–H and O–H groups in total. The van der Waals surface area contributed by atoms with Gasteiger partial charge in [0.1, 0.15) is 5.82 Å². The smallest absolute Gasteiger partial charge is 0.322 e. The Kier molecular flexibility index (Phi) is 2.82. The quantitative estimate of drug-likeness (QED) is 0.918. The van der Waals surface area contributed by atoms with Gasteiger partial charge in [0.15, 0.2) is 5.54 Å². The molecule has 7 heteroatoms. The van der Waals surface area contributed by atoms with Gasteiger partial charge < -0.3 is 10.3 Å². The van der Waals surface area contributed by atoms with Crippen LogP contribution in [0.15, 0.2) is 18.2 Å². The molecule has 1 aromatic heterocycles. The second kappa shape index (κ2) is 4.11. The highest BCUT2D eigenvalue weighted by atomic mass is 35.5. The van der Waals surface area contributed by atoms with E-state index in [4.69, 9.17) is 17.3 Å². The van der Waals surface area contributed by atoms with Gasteiger partial charge in [0.25, 0.3) is 0 Å². The second-order valence-corrected chi connectivity index (χ2v) is 5.75. The van der Waals surface area contributed by atoms with Crippen molar-refractivity contribution in [3.63, 3.8) is 0 Å². The fraction of sp³-hybridized carbons (Fsp3) is 0.462. The fourth-order valence-electron chi connectivity index (χ4n) is 2.29. The van der Waals surface area contributed by atoms with Crippen LogP contribution in [0, 0.1) is 0 Å². The molecule has 0 saturated heterocycles. The first-order chi connectivity index (χ1) is 9.23. The zero-order valence-electron chi connectivity index (χ0n) is 10.7. The maximum absolute atomic E-state index is 13.2. The number of hydrogen-bond acceptors (Lipinski definition) is 2. The Balaban J connectivity index is 2.31. The van der Waals surface area contributed by atoms with Crippen molar-refractivity contribution in [3.05, 3.63) is 29.0 Å². The lowest BCUT2D eigenvalue weighted by Gasteiger charge is -2.27. The van der Waals surface area contributed by atoms with Crippen molar-refractivity contribution < 1.29 is 13.2 Å². The summed E-state index contributed by atoms with van der Waals surface area (Å²) in [4.78, 5) is 4.11. The molecule has 1 aromatic carbocycles. The largest absolute Gasteiger partial charge is 0.413 e. The molecule has 1 heterocycles. The normalized spacial score (nSPS) is 19.3. The summed E-state index contributed by atoms with van der Waals surface area (Å²) in [5, 5.41) is 0.395. The van der Waals surface area contributed by atoms with E-state index in [1.165, 1.54) is 0 Å². The molecular formula is C13H13ClF3N3. The lowest BCUT2D eigenvalue weighted by atomic mass is 10.0. The lowest BCUT2D eigenvalue weighted by molar-refractivity contribution is -0.186. The van der Waals surface area contributed by atoms with Gasteiger partial charge in [0.05, 0.1) is 16.1 Å². The zero-order chi connectivity index (χ0) is 14.7. The van der Waals surface area contributed by atoms with Crippen LogP contribution in [-0.2, 0) is 5.54 Å². The molecule has 3 rings (SSSR count). The van der Waals surface area contributed by atoms with E-state index in [-0.39, 0.29) is 11.9 Å². The Hall–Kier alpha value is -1.27. The van der Waals surface area contributed by atoms with E-state index in [1.54, 1.807) is 22.8 Å². The van der Waals surface area contributed by atoms with Crippen LogP contribution < -0.4 is 5.73 Å². The molecule has 1 aliphatic rings. The predicted molar refractivity (Wildman–Crippen MR) is 70.6 cm³/mol. The summed E-state index contributed by atoms with van der Waals surface area (Å²) in [6.45, 7) is 0.945. The summed E-state index contributed by atoms with van der Waals surface area (Å²) in [7, 11) is 0. The van der Waals surface area contributed by atoms with Gasteiger partial charge in [-0.15, -0.1) is 0 Å². The number of hydrogen-bond donors (Lipinski definition) is 1. The number of halogens is 4. The maximum Gasteiger partial charge on any atom is 0.413 e. The number of fused-ring (bicyclic) bond motifs is 1. The van der Waals surface area contributed by atoms with Crippen LogP contribution in [0.4, 0.5) is 13.2 Å². The minimum atomic E-state index is -4.58. The first-order valence-corrected chi connectivity index (χ1v) is 6.64. The van der Waals surface area contributed by atoms with Gasteiger partial charge in [0, 0.05) is 6.04 Å². The van der Waals surface area contributed by atoms with E-state index < -0.39 is 11.7 Å². The average molecular weight is 304 g/mol. The van der Waals surface area contributed by atoms with E-state index >= 15 is 0 Å². The molecule has 3 nitrogen and oxygen atoms in total. The van der Waals surface area contributed by atoms with Gasteiger partial charge >= 0.3 is 6.18 Å². The summed E-state index contributed by atoms with van der Waals surface area (Å²) in [5.74, 6) is -0.171. The van der Waals surface area contributed by atoms with E-state index in [1.807, 2.05) is 0 Å². The van der Waals surface area contributed by atoms with Crippen LogP contribution in [0.3, 0.4) is 0 Å². The molecule has 0 aliphatic heterocycles. The molecular weight excluding hydrogens is 291 g/mol. The number of para-hydroxylation sites is 1. The standard InChI is InChI=1S/C13H13ClF3N3/c1-12(18,13(15,16)17)11-19-9-4-2-3-8(14)10(9)20(11)7-5-6-7/h2-4,7H,5-6,18H2,1H3. The van der Waals surface area contributed by atoms with Crippen LogP contribution in [0.25, 0.3) is 11.0 Å². The van der Waals surface area contributed by atoms with Crippen LogP contribution in [-0.4, -0.2) is 15.7 Å². The number of alkyl halides is 3. The van der Waals surface area contributed by atoms with E-state index in [9.17, 15) is 13.2 Å². The molecule has 1 aliphatic carbocycles. The van der Waals surface area contributed by atoms with E-state index in [0.29, 0.717) is 16.1 Å². The van der Waals surface area contributed by atoms with Crippen LogP contribution in [0.1, 0.15) is 31.6 Å². The van der Waals surface area contributed by atoms with Gasteiger partial charge in [0.2, 0.25) is 0 Å². The molecule has 2 aromatic rings. The van der Waals surface area contributed by atoms with Gasteiger partial charge in [-0.1, -0.05) is 17.7 Å². The van der Waals surface area contributed by atoms with Crippen molar-refractivity contribution in [3.8, 4) is 0 Å². The van der Waals surface area contributed by atoms with Crippen molar-refractivity contribution >= 4 is 22.6 Å². The summed E-state index contributed by atoms with van der Waals surface area (Å²) in [6.07, 6.45) is -2.94. The van der Waals surface area contributed by atoms with Gasteiger partial charge in [-0.25, -0.2) is 4.98 Å². The van der Waals surface area contributed by atoms with E-state index in [2.05, 4.69) is 4.98 Å². The van der Waals surface area contributed by atoms with Crippen molar-refractivity contribution in [1.29, 1.82) is 0 Å². The number of nitrogens with two attached hydrogens (primary N) is 1. The minimum absolute atomic E-state index is 0.000116. The Morgan fingerprint density at radius 1 is 1.35 bits per heavy atom. The third kappa shape index (κ3) is 1.90. The molecule has 1 saturated carbocycles. The Morgan fingerprint density at radius 3 is 2.55 bits per heavy atom. The third-order valence-corrected chi connectivity index (χ3v) is 3.93. The lowest BCUT2D eigenvalue weighted by Crippen LogP contribution is -2.49. The molecule has 1 fully saturated rings. The highest BCUT2D eigenvalue weighted by Crippen LogP contribution is 2.45. The van der Waals surface area contributed by atoms with Gasteiger partial charge in [-0.2, -0.15) is 13.2 Å². The Bertz CT molecular complexity index is 671. The first kappa shape index (κ1) is 13.7. The topological polar surface area (TPSA) is 43.8 Å². The van der Waals surface area contributed by atoms with Crippen molar-refractivity contribution in [2.24, 2.45) is 5.73 Å². The monoisotopic (exact) mass is 303 g/mol. The Labute approximate surface area is 118 Å². The molecule has 0 spiro atoms. The van der Waals surface area contributed by atoms with Crippen molar-refractivity contribution in [1.82, 2.24) is 9.55 Å². The predicted octanol–water partition coefficient (Wildman–Crippen LogP) is 3.76. The first-order valence-electron chi connectivity index (χ1n) is 6.26. The number of imidazole rings is 1. The summed E-state index contributed by atoms with van der Waals surface area (Å²) < 4.78 is 41.2. The van der Waals surface area contributed by atoms with Crippen LogP contribution in [0.5, 0.6) is 0 Å². The second-order valence-electron chi connectivity index (χ2n) is 5.34. The highest BCUT2D eigenvalue weighted by molar-refractivity contribution is 6.35. The molecule has 1 unspecified atom stereocenters. The summed E-state index contributed by atoms with van der Waals surface area (Å²) in [6, 6.07) is 4.96. The SMILES string of the molecule is CC(N)(c1nc2cccc(Cl)c2n1C1CC1)C(F)(F)F. The molecule has 20 heavy (non-hydrogen) atoms. The molecule has 108 valence electrons. The summed E-state index contributed by atoms with van der Waals surface area (Å²) in [5.41, 5.74) is 4.02. The number of benzene rings is 1. The van der Waals surface area contributed by atoms with Crippen molar-refractivity contribution in [2.45, 2.75) is 37.5 Å². The maximum atomic E-state index is 13.2.